The Morgan fingerprint density at radius 1 is 1.40 bits per heavy atom. The predicted molar refractivity (Wildman–Crippen MR) is 65.0 cm³/mol. The Morgan fingerprint density at radius 2 is 2.20 bits per heavy atom. The Bertz CT molecular complexity index is 193. The molecule has 0 radical (unpaired) electrons. The molecule has 1 saturated carbocycles. The minimum atomic E-state index is 0.668. The van der Waals surface area contributed by atoms with Crippen molar-refractivity contribution in [2.24, 2.45) is 11.3 Å². The highest BCUT2D eigenvalue weighted by Crippen LogP contribution is 2.43. The summed E-state index contributed by atoms with van der Waals surface area (Å²) in [5.74, 6) is 0.858. The molecule has 0 spiro atoms. The third-order valence-electron chi connectivity index (χ3n) is 4.72. The zero-order valence-electron chi connectivity index (χ0n) is 10.3. The Labute approximate surface area is 94.2 Å². The van der Waals surface area contributed by atoms with Gasteiger partial charge in [-0.1, -0.05) is 20.3 Å². The lowest BCUT2D eigenvalue weighted by Gasteiger charge is -2.42. The van der Waals surface area contributed by atoms with E-state index in [1.54, 1.807) is 0 Å². The number of hydrogen-bond donors (Lipinski definition) is 2. The van der Waals surface area contributed by atoms with Crippen LogP contribution in [0, 0.1) is 11.3 Å². The van der Waals surface area contributed by atoms with Crippen LogP contribution < -0.4 is 10.6 Å². The zero-order valence-corrected chi connectivity index (χ0v) is 10.3. The first kappa shape index (κ1) is 11.4. The van der Waals surface area contributed by atoms with Crippen LogP contribution in [0.15, 0.2) is 0 Å². The fraction of sp³-hybridized carbons (Fsp3) is 1.00. The summed E-state index contributed by atoms with van der Waals surface area (Å²) in [6.45, 7) is 8.34. The minimum absolute atomic E-state index is 0.668. The van der Waals surface area contributed by atoms with Gasteiger partial charge in [-0.25, -0.2) is 0 Å². The van der Waals surface area contributed by atoms with Crippen molar-refractivity contribution in [1.82, 2.24) is 10.6 Å². The van der Waals surface area contributed by atoms with Crippen molar-refractivity contribution in [3.8, 4) is 0 Å². The first-order valence-electron chi connectivity index (χ1n) is 6.70. The second-order valence-electron chi connectivity index (χ2n) is 5.66. The summed E-state index contributed by atoms with van der Waals surface area (Å²) in [6, 6.07) is 0.721. The van der Waals surface area contributed by atoms with Gasteiger partial charge in [0.25, 0.3) is 0 Å². The largest absolute Gasteiger partial charge is 0.315 e. The topological polar surface area (TPSA) is 24.1 Å². The average Bonchev–Trinajstić information content (AvgIpc) is 2.57. The maximum atomic E-state index is 3.69. The molecule has 2 heteroatoms. The van der Waals surface area contributed by atoms with Crippen LogP contribution in [0.25, 0.3) is 0 Å². The van der Waals surface area contributed by atoms with Crippen LogP contribution in [-0.4, -0.2) is 25.7 Å². The molecule has 2 unspecified atom stereocenters. The molecule has 0 amide bonds. The van der Waals surface area contributed by atoms with E-state index in [1.807, 2.05) is 0 Å². The van der Waals surface area contributed by atoms with Gasteiger partial charge in [0.1, 0.15) is 0 Å². The van der Waals surface area contributed by atoms with Crippen molar-refractivity contribution < 1.29 is 0 Å². The summed E-state index contributed by atoms with van der Waals surface area (Å²) in [5.41, 5.74) is 0.668. The van der Waals surface area contributed by atoms with Crippen LogP contribution in [0.3, 0.4) is 0 Å². The molecule has 0 aromatic heterocycles. The summed E-state index contributed by atoms with van der Waals surface area (Å²) in [5, 5.41) is 7.27. The Hall–Kier alpha value is -0.0800. The molecule has 88 valence electrons. The number of rotatable bonds is 5. The summed E-state index contributed by atoms with van der Waals surface area (Å²) < 4.78 is 0. The maximum absolute atomic E-state index is 3.69. The third kappa shape index (κ3) is 2.54. The molecule has 1 aliphatic carbocycles. The lowest BCUT2D eigenvalue weighted by atomic mass is 9.67. The van der Waals surface area contributed by atoms with E-state index in [2.05, 4.69) is 24.5 Å². The molecule has 1 aliphatic heterocycles. The van der Waals surface area contributed by atoms with Crippen molar-refractivity contribution >= 4 is 0 Å². The molecule has 2 aliphatic rings. The normalized spacial score (nSPS) is 34.0. The zero-order chi connectivity index (χ0) is 10.7. The van der Waals surface area contributed by atoms with E-state index in [4.69, 9.17) is 0 Å². The third-order valence-corrected chi connectivity index (χ3v) is 4.72. The first-order chi connectivity index (χ1) is 7.26. The number of nitrogens with one attached hydrogen (secondary N) is 2. The van der Waals surface area contributed by atoms with Gasteiger partial charge in [-0.3, -0.25) is 0 Å². The van der Waals surface area contributed by atoms with E-state index in [0.717, 1.165) is 12.0 Å². The number of hydrogen-bond acceptors (Lipinski definition) is 2. The van der Waals surface area contributed by atoms with Gasteiger partial charge in [0.2, 0.25) is 0 Å². The lowest BCUT2D eigenvalue weighted by Crippen LogP contribution is -2.44. The Balaban J connectivity index is 1.65. The van der Waals surface area contributed by atoms with Crippen molar-refractivity contribution in [1.29, 1.82) is 0 Å². The van der Waals surface area contributed by atoms with Crippen LogP contribution in [0.4, 0.5) is 0 Å². The first-order valence-corrected chi connectivity index (χ1v) is 6.70. The fourth-order valence-electron chi connectivity index (χ4n) is 3.00. The van der Waals surface area contributed by atoms with Crippen molar-refractivity contribution in [2.45, 2.75) is 52.0 Å². The molecule has 0 aromatic carbocycles. The van der Waals surface area contributed by atoms with Crippen LogP contribution in [0.1, 0.15) is 46.0 Å². The molecule has 2 atom stereocenters. The smallest absolute Gasteiger partial charge is 0.0218 e. The van der Waals surface area contributed by atoms with E-state index >= 15 is 0 Å². The van der Waals surface area contributed by atoms with E-state index in [-0.39, 0.29) is 0 Å². The highest BCUT2D eigenvalue weighted by Gasteiger charge is 2.34. The highest BCUT2D eigenvalue weighted by molar-refractivity contribution is 4.90. The van der Waals surface area contributed by atoms with E-state index in [0.29, 0.717) is 5.41 Å². The predicted octanol–water partition coefficient (Wildman–Crippen LogP) is 2.15. The molecular formula is C13H26N2. The summed E-state index contributed by atoms with van der Waals surface area (Å²) >= 11 is 0. The van der Waals surface area contributed by atoms with Crippen LogP contribution in [0.2, 0.25) is 0 Å². The molecule has 2 fully saturated rings. The average molecular weight is 210 g/mol. The Morgan fingerprint density at radius 3 is 2.67 bits per heavy atom. The van der Waals surface area contributed by atoms with E-state index in [1.165, 1.54) is 51.7 Å². The molecule has 1 saturated heterocycles. The molecular weight excluding hydrogens is 184 g/mol. The quantitative estimate of drug-likeness (QED) is 0.726. The minimum Gasteiger partial charge on any atom is -0.315 e. The second kappa shape index (κ2) is 4.84. The van der Waals surface area contributed by atoms with Gasteiger partial charge in [-0.15, -0.1) is 0 Å². The Kier molecular flexibility index (Phi) is 3.68. The summed E-state index contributed by atoms with van der Waals surface area (Å²) in [6.07, 6.45) is 7.06. The van der Waals surface area contributed by atoms with Crippen molar-refractivity contribution in [3.05, 3.63) is 0 Å². The maximum Gasteiger partial charge on any atom is 0.0218 e. The summed E-state index contributed by atoms with van der Waals surface area (Å²) in [4.78, 5) is 0. The van der Waals surface area contributed by atoms with Crippen LogP contribution in [-0.2, 0) is 0 Å². The monoisotopic (exact) mass is 210 g/mol. The second-order valence-corrected chi connectivity index (χ2v) is 5.66. The van der Waals surface area contributed by atoms with Gasteiger partial charge in [0.15, 0.2) is 0 Å². The molecule has 0 aromatic rings. The molecule has 2 rings (SSSR count). The lowest BCUT2D eigenvalue weighted by molar-refractivity contribution is 0.123. The van der Waals surface area contributed by atoms with Gasteiger partial charge < -0.3 is 10.6 Å². The summed E-state index contributed by atoms with van der Waals surface area (Å²) in [7, 11) is 0. The van der Waals surface area contributed by atoms with Crippen molar-refractivity contribution in [2.75, 3.05) is 19.6 Å². The van der Waals surface area contributed by atoms with Gasteiger partial charge in [-0.05, 0) is 43.6 Å². The fourth-order valence-corrected chi connectivity index (χ4v) is 3.00. The molecule has 15 heavy (non-hydrogen) atoms. The van der Waals surface area contributed by atoms with Gasteiger partial charge >= 0.3 is 0 Å². The molecule has 1 heterocycles. The van der Waals surface area contributed by atoms with Gasteiger partial charge in [0.05, 0.1) is 0 Å². The van der Waals surface area contributed by atoms with E-state index in [9.17, 15) is 0 Å². The SMILES string of the molecule is CCC1(CNCC2NCCC2C)CCC1. The molecule has 2 N–H and O–H groups in total. The molecule has 2 nitrogen and oxygen atoms in total. The molecule has 0 bridgehead atoms. The van der Waals surface area contributed by atoms with Gasteiger partial charge in [0, 0.05) is 19.1 Å². The standard InChI is InChI=1S/C13H26N2/c1-3-13(6-4-7-13)10-14-9-12-11(2)5-8-15-12/h11-12,14-15H,3-10H2,1-2H3. The van der Waals surface area contributed by atoms with Crippen LogP contribution >= 0.6 is 0 Å². The van der Waals surface area contributed by atoms with Crippen LogP contribution in [0.5, 0.6) is 0 Å². The highest BCUT2D eigenvalue weighted by atomic mass is 15.0. The van der Waals surface area contributed by atoms with Gasteiger partial charge in [-0.2, -0.15) is 0 Å². The van der Waals surface area contributed by atoms with Crippen molar-refractivity contribution in [3.63, 3.8) is 0 Å². The van der Waals surface area contributed by atoms with E-state index < -0.39 is 0 Å².